The maximum absolute atomic E-state index is 12.0. The number of carbonyl (C=O) groups is 1. The topological polar surface area (TPSA) is 50.2 Å². The van der Waals surface area contributed by atoms with Crippen LogP contribution in [0.4, 0.5) is 0 Å². The fraction of sp³-hybridized carbons (Fsp3) is 0.714. The van der Waals surface area contributed by atoms with Gasteiger partial charge in [0.15, 0.2) is 0 Å². The van der Waals surface area contributed by atoms with E-state index in [2.05, 4.69) is 14.9 Å². The first-order valence-electron chi connectivity index (χ1n) is 7.29. The molecule has 0 unspecified atom stereocenters. The van der Waals surface area contributed by atoms with Gasteiger partial charge in [-0.1, -0.05) is 0 Å². The van der Waals surface area contributed by atoms with Crippen LogP contribution in [0.5, 0.6) is 0 Å². The third kappa shape index (κ3) is 5.16. The molecule has 0 atom stereocenters. The van der Waals surface area contributed by atoms with Crippen LogP contribution in [-0.2, 0) is 4.79 Å². The van der Waals surface area contributed by atoms with Crippen LogP contribution in [0, 0.1) is 5.92 Å². The van der Waals surface area contributed by atoms with Gasteiger partial charge in [-0.15, -0.1) is 24.8 Å². The average Bonchev–Trinajstić information content (AvgIpc) is 3.10. The number of carbonyl (C=O) groups excluding carboxylic acids is 1. The van der Waals surface area contributed by atoms with Gasteiger partial charge in [-0.05, 0) is 38.1 Å². The van der Waals surface area contributed by atoms with E-state index in [0.717, 1.165) is 38.4 Å². The van der Waals surface area contributed by atoms with Crippen LogP contribution in [0.25, 0.3) is 0 Å². The van der Waals surface area contributed by atoms with Crippen LogP contribution in [0.15, 0.2) is 18.7 Å². The summed E-state index contributed by atoms with van der Waals surface area (Å²) in [4.78, 5) is 18.1. The maximum atomic E-state index is 12.0. The minimum absolute atomic E-state index is 0. The molecule has 1 aliphatic carbocycles. The second-order valence-corrected chi connectivity index (χ2v) is 5.70. The standard InChI is InChI=1S/C14H22N4O.2ClH/c19-14(10-16-9-12-1-2-12)17-6-3-13(4-7-17)18-8-5-15-11-18;;/h5,8,11-13,16H,1-4,6-7,9-10H2;2*1H. The largest absolute Gasteiger partial charge is 0.341 e. The van der Waals surface area contributed by atoms with Crippen molar-refractivity contribution in [2.24, 2.45) is 5.92 Å². The molecule has 0 spiro atoms. The van der Waals surface area contributed by atoms with Gasteiger partial charge in [0.2, 0.25) is 5.91 Å². The molecule has 1 amide bonds. The number of piperidine rings is 1. The van der Waals surface area contributed by atoms with Crippen molar-refractivity contribution in [3.05, 3.63) is 18.7 Å². The zero-order valence-corrected chi connectivity index (χ0v) is 13.7. The van der Waals surface area contributed by atoms with E-state index < -0.39 is 0 Å². The van der Waals surface area contributed by atoms with Gasteiger partial charge in [0.05, 0.1) is 12.9 Å². The van der Waals surface area contributed by atoms with Crippen molar-refractivity contribution in [2.45, 2.75) is 31.7 Å². The number of nitrogens with one attached hydrogen (secondary N) is 1. The van der Waals surface area contributed by atoms with E-state index in [0.29, 0.717) is 12.6 Å². The molecule has 1 saturated carbocycles. The Bertz CT molecular complexity index is 415. The number of hydrogen-bond donors (Lipinski definition) is 1. The van der Waals surface area contributed by atoms with Crippen LogP contribution in [0.3, 0.4) is 0 Å². The Balaban J connectivity index is 0.00000110. The third-order valence-electron chi connectivity index (χ3n) is 4.17. The Morgan fingerprint density at radius 3 is 2.48 bits per heavy atom. The van der Waals surface area contributed by atoms with Crippen LogP contribution < -0.4 is 5.32 Å². The minimum Gasteiger partial charge on any atom is -0.341 e. The lowest BCUT2D eigenvalue weighted by molar-refractivity contribution is -0.131. The molecule has 1 aromatic heterocycles. The molecule has 1 N–H and O–H groups in total. The molecule has 1 aliphatic heterocycles. The van der Waals surface area contributed by atoms with Crippen molar-refractivity contribution in [3.63, 3.8) is 0 Å². The number of amides is 1. The highest BCUT2D eigenvalue weighted by atomic mass is 35.5. The first kappa shape index (κ1) is 18.3. The summed E-state index contributed by atoms with van der Waals surface area (Å²) in [6.07, 6.45) is 10.4. The van der Waals surface area contributed by atoms with Crippen molar-refractivity contribution in [1.29, 1.82) is 0 Å². The van der Waals surface area contributed by atoms with Gasteiger partial charge in [-0.2, -0.15) is 0 Å². The van der Waals surface area contributed by atoms with Crippen LogP contribution in [0.2, 0.25) is 0 Å². The average molecular weight is 335 g/mol. The second kappa shape index (κ2) is 8.61. The van der Waals surface area contributed by atoms with Crippen LogP contribution in [0.1, 0.15) is 31.7 Å². The summed E-state index contributed by atoms with van der Waals surface area (Å²) >= 11 is 0. The normalized spacial score (nSPS) is 18.8. The minimum atomic E-state index is 0. The Hall–Kier alpha value is -0.780. The molecule has 0 bridgehead atoms. The fourth-order valence-electron chi connectivity index (χ4n) is 2.72. The Morgan fingerprint density at radius 2 is 1.90 bits per heavy atom. The number of hydrogen-bond acceptors (Lipinski definition) is 3. The smallest absolute Gasteiger partial charge is 0.236 e. The number of imidazole rings is 1. The summed E-state index contributed by atoms with van der Waals surface area (Å²) in [5.74, 6) is 1.09. The zero-order valence-electron chi connectivity index (χ0n) is 12.1. The SMILES string of the molecule is Cl.Cl.O=C(CNCC1CC1)N1CCC(n2ccnc2)CC1. The van der Waals surface area contributed by atoms with Crippen molar-refractivity contribution in [2.75, 3.05) is 26.2 Å². The zero-order chi connectivity index (χ0) is 13.1. The van der Waals surface area contributed by atoms with Crippen molar-refractivity contribution >= 4 is 30.7 Å². The predicted molar refractivity (Wildman–Crippen MR) is 87.2 cm³/mol. The molecule has 2 fully saturated rings. The van der Waals surface area contributed by atoms with Gasteiger partial charge in [-0.25, -0.2) is 4.98 Å². The molecule has 1 aromatic rings. The summed E-state index contributed by atoms with van der Waals surface area (Å²) in [5.41, 5.74) is 0. The van der Waals surface area contributed by atoms with E-state index in [9.17, 15) is 4.79 Å². The number of likely N-dealkylation sites (tertiary alicyclic amines) is 1. The highest BCUT2D eigenvalue weighted by Gasteiger charge is 2.24. The molecule has 7 heteroatoms. The maximum Gasteiger partial charge on any atom is 0.236 e. The molecule has 5 nitrogen and oxygen atoms in total. The lowest BCUT2D eigenvalue weighted by Crippen LogP contribution is -2.43. The second-order valence-electron chi connectivity index (χ2n) is 5.70. The lowest BCUT2D eigenvalue weighted by atomic mass is 10.0. The molecule has 2 heterocycles. The summed E-state index contributed by atoms with van der Waals surface area (Å²) in [5, 5.41) is 3.28. The highest BCUT2D eigenvalue weighted by Crippen LogP contribution is 2.27. The van der Waals surface area contributed by atoms with Gasteiger partial charge in [-0.3, -0.25) is 4.79 Å². The lowest BCUT2D eigenvalue weighted by Gasteiger charge is -2.32. The molecule has 0 radical (unpaired) electrons. The van der Waals surface area contributed by atoms with E-state index in [1.165, 1.54) is 12.8 Å². The van der Waals surface area contributed by atoms with Crippen molar-refractivity contribution < 1.29 is 4.79 Å². The fourth-order valence-corrected chi connectivity index (χ4v) is 2.72. The monoisotopic (exact) mass is 334 g/mol. The van der Waals surface area contributed by atoms with Gasteiger partial charge in [0.25, 0.3) is 0 Å². The first-order chi connectivity index (χ1) is 9.33. The molecular weight excluding hydrogens is 311 g/mol. The van der Waals surface area contributed by atoms with Crippen LogP contribution >= 0.6 is 24.8 Å². The first-order valence-corrected chi connectivity index (χ1v) is 7.29. The van der Waals surface area contributed by atoms with E-state index >= 15 is 0 Å². The van der Waals surface area contributed by atoms with Gasteiger partial charge >= 0.3 is 0 Å². The molecule has 2 aliphatic rings. The molecule has 0 aromatic carbocycles. The predicted octanol–water partition coefficient (Wildman–Crippen LogP) is 1.89. The molecular formula is C14H24Cl2N4O. The van der Waals surface area contributed by atoms with Gasteiger partial charge in [0, 0.05) is 31.5 Å². The van der Waals surface area contributed by atoms with E-state index in [-0.39, 0.29) is 30.7 Å². The molecule has 21 heavy (non-hydrogen) atoms. The molecule has 3 rings (SSSR count). The third-order valence-corrected chi connectivity index (χ3v) is 4.17. The highest BCUT2D eigenvalue weighted by molar-refractivity contribution is 5.85. The number of rotatable bonds is 5. The number of nitrogens with zero attached hydrogens (tertiary/aromatic N) is 3. The van der Waals surface area contributed by atoms with Crippen molar-refractivity contribution in [3.8, 4) is 0 Å². The Labute approximate surface area is 138 Å². The summed E-state index contributed by atoms with van der Waals surface area (Å²) in [6.45, 7) is 3.25. The number of aromatic nitrogens is 2. The Kier molecular flexibility index (Phi) is 7.49. The van der Waals surface area contributed by atoms with E-state index in [4.69, 9.17) is 0 Å². The van der Waals surface area contributed by atoms with Gasteiger partial charge in [0.1, 0.15) is 0 Å². The summed E-state index contributed by atoms with van der Waals surface area (Å²) < 4.78 is 2.16. The quantitative estimate of drug-likeness (QED) is 0.894. The van der Waals surface area contributed by atoms with Crippen molar-refractivity contribution in [1.82, 2.24) is 19.8 Å². The molecule has 120 valence electrons. The Morgan fingerprint density at radius 1 is 1.19 bits per heavy atom. The number of halogens is 2. The summed E-state index contributed by atoms with van der Waals surface area (Å²) in [6, 6.07) is 0.506. The van der Waals surface area contributed by atoms with Gasteiger partial charge < -0.3 is 14.8 Å². The van der Waals surface area contributed by atoms with E-state index in [1.807, 2.05) is 23.6 Å². The van der Waals surface area contributed by atoms with Crippen LogP contribution in [-0.4, -0.2) is 46.5 Å². The summed E-state index contributed by atoms with van der Waals surface area (Å²) in [7, 11) is 0. The van der Waals surface area contributed by atoms with E-state index in [1.54, 1.807) is 0 Å². The molecule has 1 saturated heterocycles.